The molecule has 0 aliphatic heterocycles. The van der Waals surface area contributed by atoms with Crippen molar-refractivity contribution < 1.29 is 26.2 Å². The van der Waals surface area contributed by atoms with E-state index in [9.17, 15) is 5.11 Å². The van der Waals surface area contributed by atoms with Crippen molar-refractivity contribution in [2.45, 2.75) is 26.7 Å². The number of aryl methyl sites for hydroxylation is 1. The standard InChI is InChI=1S/C10H14O.W/c1-7(2)9-5-4-8(3)6-10(9)11;/h4-7,11H,1-3H3;. The fourth-order valence-corrected chi connectivity index (χ4v) is 1.14. The average molecular weight is 334 g/mol. The summed E-state index contributed by atoms with van der Waals surface area (Å²) in [5.74, 6) is 0.815. The van der Waals surface area contributed by atoms with Gasteiger partial charge in [0.05, 0.1) is 0 Å². The second kappa shape index (κ2) is 4.67. The van der Waals surface area contributed by atoms with E-state index in [1.165, 1.54) is 0 Å². The van der Waals surface area contributed by atoms with Crippen molar-refractivity contribution in [3.63, 3.8) is 0 Å². The minimum Gasteiger partial charge on any atom is -0.508 e. The van der Waals surface area contributed by atoms with E-state index < -0.39 is 0 Å². The first-order valence-electron chi connectivity index (χ1n) is 3.91. The van der Waals surface area contributed by atoms with Gasteiger partial charge in [-0.05, 0) is 30.0 Å². The maximum absolute atomic E-state index is 9.46. The summed E-state index contributed by atoms with van der Waals surface area (Å²) in [5.41, 5.74) is 2.13. The minimum absolute atomic E-state index is 0. The van der Waals surface area contributed by atoms with Gasteiger partial charge in [-0.15, -0.1) is 0 Å². The number of benzene rings is 1. The zero-order chi connectivity index (χ0) is 8.43. The molecule has 0 spiro atoms. The summed E-state index contributed by atoms with van der Waals surface area (Å²) in [4.78, 5) is 0. The number of rotatable bonds is 1. The van der Waals surface area contributed by atoms with E-state index in [2.05, 4.69) is 13.8 Å². The molecule has 0 fully saturated rings. The molecule has 0 saturated carbocycles. The molecule has 0 saturated heterocycles. The van der Waals surface area contributed by atoms with Crippen molar-refractivity contribution in [2.75, 3.05) is 0 Å². The van der Waals surface area contributed by atoms with Crippen LogP contribution in [0.25, 0.3) is 0 Å². The molecule has 12 heavy (non-hydrogen) atoms. The van der Waals surface area contributed by atoms with E-state index in [1.54, 1.807) is 6.07 Å². The topological polar surface area (TPSA) is 20.2 Å². The summed E-state index contributed by atoms with van der Waals surface area (Å²) in [5, 5.41) is 9.46. The minimum atomic E-state index is 0. The van der Waals surface area contributed by atoms with E-state index in [0.29, 0.717) is 11.7 Å². The normalized spacial score (nSPS) is 9.67. The predicted molar refractivity (Wildman–Crippen MR) is 46.9 cm³/mol. The molecule has 0 aromatic heterocycles. The van der Waals surface area contributed by atoms with Crippen molar-refractivity contribution in [3.05, 3.63) is 29.3 Å². The largest absolute Gasteiger partial charge is 0.508 e. The zero-order valence-corrected chi connectivity index (χ0v) is 10.6. The van der Waals surface area contributed by atoms with Gasteiger partial charge in [0.15, 0.2) is 0 Å². The molecule has 0 aliphatic carbocycles. The predicted octanol–water partition coefficient (Wildman–Crippen LogP) is 2.82. The molecule has 1 N–H and O–H groups in total. The van der Waals surface area contributed by atoms with Crippen LogP contribution in [0.4, 0.5) is 0 Å². The van der Waals surface area contributed by atoms with Gasteiger partial charge in [-0.1, -0.05) is 26.0 Å². The van der Waals surface area contributed by atoms with E-state index in [0.717, 1.165) is 11.1 Å². The Morgan fingerprint density at radius 3 is 2.25 bits per heavy atom. The van der Waals surface area contributed by atoms with Crippen molar-refractivity contribution in [2.24, 2.45) is 0 Å². The van der Waals surface area contributed by atoms with Gasteiger partial charge in [-0.3, -0.25) is 0 Å². The van der Waals surface area contributed by atoms with Crippen LogP contribution >= 0.6 is 0 Å². The summed E-state index contributed by atoms with van der Waals surface area (Å²) in [7, 11) is 0. The SMILES string of the molecule is Cc1ccc(C(C)C)c(O)c1.[W]. The van der Waals surface area contributed by atoms with Crippen LogP contribution in [-0.4, -0.2) is 5.11 Å². The molecular formula is C10H14OW. The molecule has 1 nitrogen and oxygen atoms in total. The zero-order valence-electron chi connectivity index (χ0n) is 7.66. The first-order chi connectivity index (χ1) is 5.11. The number of phenols is 1. The van der Waals surface area contributed by atoms with Gasteiger partial charge in [0, 0.05) is 21.1 Å². The quantitative estimate of drug-likeness (QED) is 0.838. The summed E-state index contributed by atoms with van der Waals surface area (Å²) in [6.07, 6.45) is 0. The van der Waals surface area contributed by atoms with Crippen molar-refractivity contribution in [1.82, 2.24) is 0 Å². The molecule has 66 valence electrons. The smallest absolute Gasteiger partial charge is 0.119 e. The number of hydrogen-bond donors (Lipinski definition) is 1. The van der Waals surface area contributed by atoms with Gasteiger partial charge >= 0.3 is 0 Å². The Bertz CT molecular complexity index is 256. The molecule has 0 amide bonds. The molecule has 0 atom stereocenters. The molecule has 1 aromatic rings. The molecule has 0 heterocycles. The molecule has 2 heteroatoms. The van der Waals surface area contributed by atoms with Gasteiger partial charge in [-0.2, -0.15) is 0 Å². The Labute approximate surface area is 88.1 Å². The van der Waals surface area contributed by atoms with E-state index in [4.69, 9.17) is 0 Å². The van der Waals surface area contributed by atoms with Crippen LogP contribution in [0.3, 0.4) is 0 Å². The van der Waals surface area contributed by atoms with Gasteiger partial charge in [-0.25, -0.2) is 0 Å². The van der Waals surface area contributed by atoms with Crippen LogP contribution < -0.4 is 0 Å². The fraction of sp³-hybridized carbons (Fsp3) is 0.400. The molecule has 1 rings (SSSR count). The average Bonchev–Trinajstić information content (AvgIpc) is 1.85. The molecule has 1 aromatic carbocycles. The first kappa shape index (κ1) is 11.7. The van der Waals surface area contributed by atoms with Crippen LogP contribution in [0, 0.1) is 6.92 Å². The monoisotopic (exact) mass is 334 g/mol. The van der Waals surface area contributed by atoms with Crippen LogP contribution in [0.15, 0.2) is 18.2 Å². The number of aromatic hydroxyl groups is 1. The van der Waals surface area contributed by atoms with Gasteiger partial charge in [0.1, 0.15) is 5.75 Å². The van der Waals surface area contributed by atoms with Gasteiger partial charge in [0.25, 0.3) is 0 Å². The Morgan fingerprint density at radius 1 is 1.25 bits per heavy atom. The molecular weight excluding hydrogens is 320 g/mol. The third-order valence-electron chi connectivity index (χ3n) is 1.81. The molecule has 0 unspecified atom stereocenters. The summed E-state index contributed by atoms with van der Waals surface area (Å²) in [6, 6.07) is 5.81. The van der Waals surface area contributed by atoms with Crippen LogP contribution in [0.1, 0.15) is 30.9 Å². The molecule has 0 aliphatic rings. The second-order valence-electron chi connectivity index (χ2n) is 3.22. The summed E-state index contributed by atoms with van der Waals surface area (Å²) < 4.78 is 0. The van der Waals surface area contributed by atoms with Crippen LogP contribution in [0.2, 0.25) is 0 Å². The molecule has 0 bridgehead atoms. The van der Waals surface area contributed by atoms with E-state index >= 15 is 0 Å². The second-order valence-corrected chi connectivity index (χ2v) is 3.22. The van der Waals surface area contributed by atoms with Crippen molar-refractivity contribution in [3.8, 4) is 5.75 Å². The van der Waals surface area contributed by atoms with Crippen molar-refractivity contribution in [1.29, 1.82) is 0 Å². The van der Waals surface area contributed by atoms with Gasteiger partial charge in [0.2, 0.25) is 0 Å². The fourth-order valence-electron chi connectivity index (χ4n) is 1.14. The maximum Gasteiger partial charge on any atom is 0.119 e. The number of hydrogen-bond acceptors (Lipinski definition) is 1. The summed E-state index contributed by atoms with van der Waals surface area (Å²) in [6.45, 7) is 6.12. The van der Waals surface area contributed by atoms with Crippen LogP contribution in [0.5, 0.6) is 5.75 Å². The Morgan fingerprint density at radius 2 is 1.83 bits per heavy atom. The van der Waals surface area contributed by atoms with Gasteiger partial charge < -0.3 is 5.11 Å². The van der Waals surface area contributed by atoms with Crippen molar-refractivity contribution >= 4 is 0 Å². The third kappa shape index (κ3) is 2.64. The molecule has 0 radical (unpaired) electrons. The Kier molecular flexibility index (Phi) is 4.55. The Balaban J connectivity index is 0.00000121. The van der Waals surface area contributed by atoms with E-state index in [1.807, 2.05) is 19.1 Å². The maximum atomic E-state index is 9.46. The first-order valence-corrected chi connectivity index (χ1v) is 3.91. The Hall–Kier alpha value is -0.292. The third-order valence-corrected chi connectivity index (χ3v) is 1.81. The van der Waals surface area contributed by atoms with E-state index in [-0.39, 0.29) is 21.1 Å². The van der Waals surface area contributed by atoms with Crippen LogP contribution in [-0.2, 0) is 21.1 Å². The number of phenolic OH excluding ortho intramolecular Hbond substituents is 1. The summed E-state index contributed by atoms with van der Waals surface area (Å²) >= 11 is 0.